The Morgan fingerprint density at radius 3 is 2.60 bits per heavy atom. The fourth-order valence-corrected chi connectivity index (χ4v) is 2.34. The summed E-state index contributed by atoms with van der Waals surface area (Å²) in [5, 5.41) is 13.5. The average molecular weight is 213 g/mol. The first kappa shape index (κ1) is 13.0. The predicted octanol–water partition coefficient (Wildman–Crippen LogP) is 2.71. The molecule has 0 aliphatic heterocycles. The smallest absolute Gasteiger partial charge is 0.0741 e. The molecular formula is C13H27NO. The van der Waals surface area contributed by atoms with Crippen molar-refractivity contribution in [2.45, 2.75) is 71.4 Å². The average Bonchev–Trinajstić information content (AvgIpc) is 2.16. The lowest BCUT2D eigenvalue weighted by Gasteiger charge is -2.40. The van der Waals surface area contributed by atoms with Crippen molar-refractivity contribution in [2.24, 2.45) is 5.41 Å². The highest BCUT2D eigenvalue weighted by molar-refractivity contribution is 4.89. The summed E-state index contributed by atoms with van der Waals surface area (Å²) in [7, 11) is 0. The summed E-state index contributed by atoms with van der Waals surface area (Å²) in [5.41, 5.74) is -0.157. The molecule has 2 nitrogen and oxygen atoms in total. The maximum Gasteiger partial charge on any atom is 0.0741 e. The Kier molecular flexibility index (Phi) is 4.19. The number of hydrogen-bond donors (Lipinski definition) is 2. The maximum absolute atomic E-state index is 9.96. The van der Waals surface area contributed by atoms with Crippen LogP contribution in [0.5, 0.6) is 0 Å². The number of rotatable bonds is 4. The third kappa shape index (κ3) is 3.76. The summed E-state index contributed by atoms with van der Waals surface area (Å²) in [6.07, 6.45) is 6.06. The zero-order chi connectivity index (χ0) is 11.5. The highest BCUT2D eigenvalue weighted by Crippen LogP contribution is 2.35. The van der Waals surface area contributed by atoms with Gasteiger partial charge < -0.3 is 10.4 Å². The fraction of sp³-hybridized carbons (Fsp3) is 1.00. The van der Waals surface area contributed by atoms with E-state index in [2.05, 4.69) is 19.2 Å². The van der Waals surface area contributed by atoms with Crippen molar-refractivity contribution in [1.82, 2.24) is 5.32 Å². The Morgan fingerprint density at radius 1 is 1.40 bits per heavy atom. The van der Waals surface area contributed by atoms with Gasteiger partial charge in [0.25, 0.3) is 0 Å². The lowest BCUT2D eigenvalue weighted by atomic mass is 9.73. The Labute approximate surface area is 94.5 Å². The van der Waals surface area contributed by atoms with Crippen LogP contribution in [0.4, 0.5) is 0 Å². The van der Waals surface area contributed by atoms with Crippen LogP contribution >= 0.6 is 0 Å². The standard InChI is InChI=1S/C13H27NO/c1-5-13(4,15)10-14-11-8-6-7-9-12(11,2)3/h11,14-15H,5-10H2,1-4H3. The minimum absolute atomic E-state index is 0.391. The SMILES string of the molecule is CCC(C)(O)CNC1CCCCC1(C)C. The summed E-state index contributed by atoms with van der Waals surface area (Å²) >= 11 is 0. The number of aliphatic hydroxyl groups is 1. The van der Waals surface area contributed by atoms with Gasteiger partial charge in [-0.3, -0.25) is 0 Å². The third-order valence-electron chi connectivity index (χ3n) is 4.00. The molecule has 2 atom stereocenters. The van der Waals surface area contributed by atoms with Gasteiger partial charge in [-0.05, 0) is 31.6 Å². The lowest BCUT2D eigenvalue weighted by molar-refractivity contribution is 0.0419. The van der Waals surface area contributed by atoms with Gasteiger partial charge in [-0.25, -0.2) is 0 Å². The van der Waals surface area contributed by atoms with Crippen LogP contribution in [0, 0.1) is 5.41 Å². The third-order valence-corrected chi connectivity index (χ3v) is 4.00. The van der Waals surface area contributed by atoms with E-state index >= 15 is 0 Å². The molecule has 0 aromatic rings. The second-order valence-corrected chi connectivity index (χ2v) is 6.02. The van der Waals surface area contributed by atoms with Crippen molar-refractivity contribution in [3.8, 4) is 0 Å². The van der Waals surface area contributed by atoms with E-state index in [-0.39, 0.29) is 0 Å². The van der Waals surface area contributed by atoms with Gasteiger partial charge in [-0.2, -0.15) is 0 Å². The molecule has 1 saturated carbocycles. The van der Waals surface area contributed by atoms with E-state index in [1.54, 1.807) is 0 Å². The van der Waals surface area contributed by atoms with Crippen LogP contribution < -0.4 is 5.32 Å². The first-order chi connectivity index (χ1) is 6.87. The Hall–Kier alpha value is -0.0800. The molecule has 1 fully saturated rings. The molecule has 0 radical (unpaired) electrons. The molecule has 0 heterocycles. The molecule has 90 valence electrons. The molecular weight excluding hydrogens is 186 g/mol. The largest absolute Gasteiger partial charge is 0.389 e. The predicted molar refractivity (Wildman–Crippen MR) is 65.0 cm³/mol. The van der Waals surface area contributed by atoms with Crippen molar-refractivity contribution >= 4 is 0 Å². The van der Waals surface area contributed by atoms with E-state index in [4.69, 9.17) is 0 Å². The molecule has 0 amide bonds. The van der Waals surface area contributed by atoms with E-state index in [1.165, 1.54) is 25.7 Å². The van der Waals surface area contributed by atoms with Gasteiger partial charge in [0.1, 0.15) is 0 Å². The van der Waals surface area contributed by atoms with Crippen LogP contribution in [-0.2, 0) is 0 Å². The molecule has 2 unspecified atom stereocenters. The van der Waals surface area contributed by atoms with E-state index in [1.807, 2.05) is 13.8 Å². The van der Waals surface area contributed by atoms with Gasteiger partial charge in [-0.1, -0.05) is 33.6 Å². The fourth-order valence-electron chi connectivity index (χ4n) is 2.34. The van der Waals surface area contributed by atoms with Crippen LogP contribution in [0.1, 0.15) is 59.8 Å². The quantitative estimate of drug-likeness (QED) is 0.752. The summed E-state index contributed by atoms with van der Waals surface area (Å²) < 4.78 is 0. The summed E-state index contributed by atoms with van der Waals surface area (Å²) in [6, 6.07) is 0.573. The molecule has 1 rings (SSSR count). The minimum Gasteiger partial charge on any atom is -0.389 e. The zero-order valence-electron chi connectivity index (χ0n) is 10.8. The van der Waals surface area contributed by atoms with Gasteiger partial charge >= 0.3 is 0 Å². The highest BCUT2D eigenvalue weighted by atomic mass is 16.3. The van der Waals surface area contributed by atoms with Crippen molar-refractivity contribution < 1.29 is 5.11 Å². The van der Waals surface area contributed by atoms with Gasteiger partial charge in [0.2, 0.25) is 0 Å². The molecule has 0 saturated heterocycles. The Morgan fingerprint density at radius 2 is 2.07 bits per heavy atom. The molecule has 2 N–H and O–H groups in total. The van der Waals surface area contributed by atoms with Crippen LogP contribution in [0.3, 0.4) is 0 Å². The second-order valence-electron chi connectivity index (χ2n) is 6.02. The Balaban J connectivity index is 2.43. The number of hydrogen-bond acceptors (Lipinski definition) is 2. The topological polar surface area (TPSA) is 32.3 Å². The van der Waals surface area contributed by atoms with E-state index in [0.717, 1.165) is 13.0 Å². The van der Waals surface area contributed by atoms with Gasteiger partial charge in [-0.15, -0.1) is 0 Å². The first-order valence-corrected chi connectivity index (χ1v) is 6.33. The first-order valence-electron chi connectivity index (χ1n) is 6.33. The monoisotopic (exact) mass is 213 g/mol. The van der Waals surface area contributed by atoms with Gasteiger partial charge in [0.15, 0.2) is 0 Å². The summed E-state index contributed by atoms with van der Waals surface area (Å²) in [6.45, 7) is 9.34. The molecule has 0 aromatic heterocycles. The molecule has 1 aliphatic carbocycles. The molecule has 1 aliphatic rings. The van der Waals surface area contributed by atoms with Gasteiger partial charge in [0, 0.05) is 12.6 Å². The van der Waals surface area contributed by atoms with Crippen molar-refractivity contribution in [3.63, 3.8) is 0 Å². The maximum atomic E-state index is 9.96. The summed E-state index contributed by atoms with van der Waals surface area (Å²) in [5.74, 6) is 0. The van der Waals surface area contributed by atoms with Crippen LogP contribution in [0.15, 0.2) is 0 Å². The van der Waals surface area contributed by atoms with E-state index in [0.29, 0.717) is 11.5 Å². The van der Waals surface area contributed by atoms with Crippen LogP contribution in [0.25, 0.3) is 0 Å². The normalized spacial score (nSPS) is 29.8. The molecule has 0 bridgehead atoms. The zero-order valence-corrected chi connectivity index (χ0v) is 10.8. The van der Waals surface area contributed by atoms with Crippen LogP contribution in [0.2, 0.25) is 0 Å². The lowest BCUT2D eigenvalue weighted by Crippen LogP contribution is -2.49. The molecule has 15 heavy (non-hydrogen) atoms. The van der Waals surface area contributed by atoms with Gasteiger partial charge in [0.05, 0.1) is 5.60 Å². The van der Waals surface area contributed by atoms with Crippen molar-refractivity contribution in [2.75, 3.05) is 6.54 Å². The molecule has 0 spiro atoms. The van der Waals surface area contributed by atoms with Crippen molar-refractivity contribution in [3.05, 3.63) is 0 Å². The second kappa shape index (κ2) is 4.84. The number of nitrogens with one attached hydrogen (secondary N) is 1. The summed E-state index contributed by atoms with van der Waals surface area (Å²) in [4.78, 5) is 0. The van der Waals surface area contributed by atoms with E-state index in [9.17, 15) is 5.11 Å². The van der Waals surface area contributed by atoms with E-state index < -0.39 is 5.60 Å². The Bertz CT molecular complexity index is 199. The van der Waals surface area contributed by atoms with Crippen molar-refractivity contribution in [1.29, 1.82) is 0 Å². The highest BCUT2D eigenvalue weighted by Gasteiger charge is 2.32. The van der Waals surface area contributed by atoms with Crippen LogP contribution in [-0.4, -0.2) is 23.3 Å². The minimum atomic E-state index is -0.548. The molecule has 2 heteroatoms. The molecule has 0 aromatic carbocycles.